The minimum atomic E-state index is 0.566. The van der Waals surface area contributed by atoms with Crippen LogP contribution in [0.25, 0.3) is 0 Å². The van der Waals surface area contributed by atoms with Gasteiger partial charge in [0.1, 0.15) is 5.75 Å². The average molecular weight is 260 g/mol. The maximum atomic E-state index is 6.12. The minimum Gasteiger partial charge on any atom is -0.491 e. The topological polar surface area (TPSA) is 35.2 Å². The second-order valence-corrected chi connectivity index (χ2v) is 5.01. The average Bonchev–Trinajstić information content (AvgIpc) is 3.00. The molecule has 0 atom stereocenters. The molecule has 0 radical (unpaired) electrons. The van der Waals surface area contributed by atoms with Crippen LogP contribution in [-0.2, 0) is 6.42 Å². The molecule has 1 aromatic carbocycles. The second kappa shape index (κ2) is 5.26. The van der Waals surface area contributed by atoms with Gasteiger partial charge in [0.25, 0.3) is 0 Å². The zero-order chi connectivity index (χ0) is 11.5. The fourth-order valence-corrected chi connectivity index (χ4v) is 2.19. The summed E-state index contributed by atoms with van der Waals surface area (Å²) >= 11 is 12.1. The highest BCUT2D eigenvalue weighted by Gasteiger charge is 2.23. The standard InChI is InChI=1S/C12H15Cl2NO/c13-10-5-9(3-4-15)12(11(14)6-10)16-7-8-1-2-8/h5-6,8H,1-4,7,15H2. The Balaban J connectivity index is 2.16. The van der Waals surface area contributed by atoms with Gasteiger partial charge in [0, 0.05) is 5.02 Å². The van der Waals surface area contributed by atoms with Gasteiger partial charge in [-0.25, -0.2) is 0 Å². The van der Waals surface area contributed by atoms with Gasteiger partial charge in [0.05, 0.1) is 11.6 Å². The van der Waals surface area contributed by atoms with Gasteiger partial charge in [-0.15, -0.1) is 0 Å². The molecule has 2 rings (SSSR count). The lowest BCUT2D eigenvalue weighted by Gasteiger charge is -2.13. The van der Waals surface area contributed by atoms with Crippen LogP contribution < -0.4 is 10.5 Å². The van der Waals surface area contributed by atoms with E-state index in [1.807, 2.05) is 6.07 Å². The summed E-state index contributed by atoms with van der Waals surface area (Å²) in [6.45, 7) is 1.31. The molecule has 0 bridgehead atoms. The van der Waals surface area contributed by atoms with Gasteiger partial charge in [-0.3, -0.25) is 0 Å². The van der Waals surface area contributed by atoms with Gasteiger partial charge < -0.3 is 10.5 Å². The Morgan fingerprint density at radius 3 is 2.69 bits per heavy atom. The zero-order valence-electron chi connectivity index (χ0n) is 9.01. The van der Waals surface area contributed by atoms with E-state index in [-0.39, 0.29) is 0 Å². The number of nitrogens with two attached hydrogens (primary N) is 1. The summed E-state index contributed by atoms with van der Waals surface area (Å²) in [4.78, 5) is 0. The minimum absolute atomic E-state index is 0.566. The SMILES string of the molecule is NCCc1cc(Cl)cc(Cl)c1OCC1CC1. The number of rotatable bonds is 5. The predicted octanol–water partition coefficient (Wildman–Crippen LogP) is 3.28. The maximum Gasteiger partial charge on any atom is 0.141 e. The van der Waals surface area contributed by atoms with Crippen molar-refractivity contribution in [2.24, 2.45) is 11.7 Å². The first-order valence-corrected chi connectivity index (χ1v) is 6.27. The van der Waals surface area contributed by atoms with E-state index in [1.54, 1.807) is 6.07 Å². The van der Waals surface area contributed by atoms with Crippen LogP contribution in [0.5, 0.6) is 5.75 Å². The van der Waals surface area contributed by atoms with Crippen molar-refractivity contribution in [1.29, 1.82) is 0 Å². The summed E-state index contributed by atoms with van der Waals surface area (Å²) in [5.74, 6) is 1.46. The molecule has 0 heterocycles. The highest BCUT2D eigenvalue weighted by Crippen LogP contribution is 2.35. The lowest BCUT2D eigenvalue weighted by Crippen LogP contribution is -2.07. The lowest BCUT2D eigenvalue weighted by molar-refractivity contribution is 0.297. The van der Waals surface area contributed by atoms with Crippen molar-refractivity contribution in [2.75, 3.05) is 13.2 Å². The molecule has 16 heavy (non-hydrogen) atoms. The van der Waals surface area contributed by atoms with Crippen molar-refractivity contribution >= 4 is 23.2 Å². The first-order chi connectivity index (χ1) is 7.70. The van der Waals surface area contributed by atoms with Crippen molar-refractivity contribution in [2.45, 2.75) is 19.3 Å². The molecule has 0 unspecified atom stereocenters. The van der Waals surface area contributed by atoms with E-state index in [4.69, 9.17) is 33.7 Å². The van der Waals surface area contributed by atoms with Gasteiger partial charge in [-0.2, -0.15) is 0 Å². The third kappa shape index (κ3) is 3.03. The van der Waals surface area contributed by atoms with E-state index in [0.29, 0.717) is 22.5 Å². The van der Waals surface area contributed by atoms with Crippen LogP contribution in [0.15, 0.2) is 12.1 Å². The zero-order valence-corrected chi connectivity index (χ0v) is 10.5. The molecule has 1 aromatic rings. The van der Waals surface area contributed by atoms with Gasteiger partial charge >= 0.3 is 0 Å². The number of benzene rings is 1. The Hall–Kier alpha value is -0.440. The van der Waals surface area contributed by atoms with E-state index in [1.165, 1.54) is 12.8 Å². The molecule has 2 nitrogen and oxygen atoms in total. The summed E-state index contributed by atoms with van der Waals surface area (Å²) < 4.78 is 5.75. The highest BCUT2D eigenvalue weighted by atomic mass is 35.5. The number of ether oxygens (including phenoxy) is 1. The predicted molar refractivity (Wildman–Crippen MR) is 67.4 cm³/mol. The summed E-state index contributed by atoms with van der Waals surface area (Å²) in [7, 11) is 0. The highest BCUT2D eigenvalue weighted by molar-refractivity contribution is 6.35. The first kappa shape index (κ1) is 12.0. The van der Waals surface area contributed by atoms with Gasteiger partial charge in [-0.1, -0.05) is 23.2 Å². The molecule has 0 aromatic heterocycles. The van der Waals surface area contributed by atoms with Crippen molar-refractivity contribution in [3.63, 3.8) is 0 Å². The summed E-state index contributed by atoms with van der Waals surface area (Å²) in [5.41, 5.74) is 6.56. The maximum absolute atomic E-state index is 6.12. The van der Waals surface area contributed by atoms with Crippen LogP contribution >= 0.6 is 23.2 Å². The van der Waals surface area contributed by atoms with Crippen molar-refractivity contribution < 1.29 is 4.74 Å². The molecule has 1 saturated carbocycles. The molecule has 4 heteroatoms. The Labute approximate surface area is 106 Å². The Bertz CT molecular complexity index is 378. The van der Waals surface area contributed by atoms with Crippen molar-refractivity contribution in [1.82, 2.24) is 0 Å². The van der Waals surface area contributed by atoms with Crippen LogP contribution in [0.2, 0.25) is 10.0 Å². The fraction of sp³-hybridized carbons (Fsp3) is 0.500. The molecule has 0 spiro atoms. The molecular weight excluding hydrogens is 245 g/mol. The first-order valence-electron chi connectivity index (χ1n) is 5.51. The van der Waals surface area contributed by atoms with Crippen LogP contribution in [-0.4, -0.2) is 13.2 Å². The molecule has 0 aliphatic heterocycles. The molecule has 2 N–H and O–H groups in total. The smallest absolute Gasteiger partial charge is 0.141 e. The Morgan fingerprint density at radius 1 is 1.31 bits per heavy atom. The molecular formula is C12H15Cl2NO. The lowest BCUT2D eigenvalue weighted by atomic mass is 10.1. The summed E-state index contributed by atoms with van der Waals surface area (Å²) in [6.07, 6.45) is 3.26. The summed E-state index contributed by atoms with van der Waals surface area (Å²) in [6, 6.07) is 3.59. The normalized spacial score (nSPS) is 15.2. The monoisotopic (exact) mass is 259 g/mol. The van der Waals surface area contributed by atoms with Crippen LogP contribution in [0.1, 0.15) is 18.4 Å². The van der Waals surface area contributed by atoms with Gasteiger partial charge in [0.2, 0.25) is 0 Å². The fourth-order valence-electron chi connectivity index (χ4n) is 1.60. The third-order valence-electron chi connectivity index (χ3n) is 2.66. The Kier molecular flexibility index (Phi) is 3.95. The molecule has 1 aliphatic carbocycles. The molecule has 88 valence electrons. The number of hydrogen-bond acceptors (Lipinski definition) is 2. The van der Waals surface area contributed by atoms with E-state index < -0.39 is 0 Å². The van der Waals surface area contributed by atoms with Crippen LogP contribution in [0.3, 0.4) is 0 Å². The number of hydrogen-bond donors (Lipinski definition) is 1. The Morgan fingerprint density at radius 2 is 2.06 bits per heavy atom. The van der Waals surface area contributed by atoms with Gasteiger partial charge in [-0.05, 0) is 49.4 Å². The van der Waals surface area contributed by atoms with Crippen molar-refractivity contribution in [3.05, 3.63) is 27.7 Å². The molecule has 1 aliphatic rings. The van der Waals surface area contributed by atoms with E-state index >= 15 is 0 Å². The largest absolute Gasteiger partial charge is 0.491 e. The van der Waals surface area contributed by atoms with Crippen LogP contribution in [0.4, 0.5) is 0 Å². The quantitative estimate of drug-likeness (QED) is 0.881. The van der Waals surface area contributed by atoms with E-state index in [2.05, 4.69) is 0 Å². The van der Waals surface area contributed by atoms with Crippen molar-refractivity contribution in [3.8, 4) is 5.75 Å². The third-order valence-corrected chi connectivity index (χ3v) is 3.16. The number of halogens is 2. The summed E-state index contributed by atoms with van der Waals surface area (Å²) in [5, 5.41) is 1.21. The van der Waals surface area contributed by atoms with E-state index in [0.717, 1.165) is 24.3 Å². The van der Waals surface area contributed by atoms with Crippen LogP contribution in [0, 0.1) is 5.92 Å². The van der Waals surface area contributed by atoms with Gasteiger partial charge in [0.15, 0.2) is 0 Å². The molecule has 0 amide bonds. The second-order valence-electron chi connectivity index (χ2n) is 4.17. The molecule has 1 fully saturated rings. The van der Waals surface area contributed by atoms with E-state index in [9.17, 15) is 0 Å². The molecule has 0 saturated heterocycles.